The Labute approximate surface area is 92.2 Å². The maximum atomic E-state index is 5.21. The van der Waals surface area contributed by atoms with E-state index in [0.29, 0.717) is 12.0 Å². The summed E-state index contributed by atoms with van der Waals surface area (Å²) in [5, 5.41) is 4.46. The first-order valence-corrected chi connectivity index (χ1v) is 6.63. The van der Waals surface area contributed by atoms with Crippen molar-refractivity contribution in [3.05, 3.63) is 0 Å². The molecule has 0 unspecified atom stereocenters. The van der Waals surface area contributed by atoms with Gasteiger partial charge in [-0.25, -0.2) is 0 Å². The molecule has 0 spiro atoms. The van der Waals surface area contributed by atoms with E-state index < -0.39 is 0 Å². The van der Waals surface area contributed by atoms with Crippen molar-refractivity contribution in [1.82, 2.24) is 5.32 Å². The molecule has 1 heterocycles. The highest BCUT2D eigenvalue weighted by molar-refractivity contribution is 8.00. The van der Waals surface area contributed by atoms with Crippen LogP contribution in [-0.4, -0.2) is 37.3 Å². The molecule has 0 bridgehead atoms. The van der Waals surface area contributed by atoms with E-state index in [1.54, 1.807) is 7.11 Å². The molecule has 0 aromatic rings. The van der Waals surface area contributed by atoms with Crippen LogP contribution in [0.15, 0.2) is 0 Å². The standard InChI is InChI=1S/C11H23NOS/c1-9(2)11(8-13-3)12-7-10-5-4-6-14-10/h9-12H,4-8H2,1-3H3/t10-,11+/m1/s1. The molecule has 0 amide bonds. The molecular formula is C11H23NOS. The summed E-state index contributed by atoms with van der Waals surface area (Å²) in [6.45, 7) is 6.48. The smallest absolute Gasteiger partial charge is 0.0618 e. The van der Waals surface area contributed by atoms with Gasteiger partial charge in [-0.1, -0.05) is 13.8 Å². The largest absolute Gasteiger partial charge is 0.383 e. The van der Waals surface area contributed by atoms with E-state index in [-0.39, 0.29) is 0 Å². The number of nitrogens with one attached hydrogen (secondary N) is 1. The quantitative estimate of drug-likeness (QED) is 0.736. The van der Waals surface area contributed by atoms with Gasteiger partial charge in [-0.3, -0.25) is 0 Å². The Morgan fingerprint density at radius 3 is 2.79 bits per heavy atom. The Kier molecular flexibility index (Phi) is 5.90. The number of ether oxygens (including phenoxy) is 1. The summed E-state index contributed by atoms with van der Waals surface area (Å²) in [6, 6.07) is 0.515. The van der Waals surface area contributed by atoms with E-state index >= 15 is 0 Å². The molecule has 1 aliphatic rings. The Hall–Kier alpha value is 0.270. The van der Waals surface area contributed by atoms with Crippen molar-refractivity contribution in [3.63, 3.8) is 0 Å². The minimum atomic E-state index is 0.515. The maximum Gasteiger partial charge on any atom is 0.0618 e. The van der Waals surface area contributed by atoms with Gasteiger partial charge in [0.1, 0.15) is 0 Å². The molecule has 2 nitrogen and oxygen atoms in total. The van der Waals surface area contributed by atoms with Gasteiger partial charge in [0.15, 0.2) is 0 Å². The monoisotopic (exact) mass is 217 g/mol. The summed E-state index contributed by atoms with van der Waals surface area (Å²) in [4.78, 5) is 0. The first kappa shape index (κ1) is 12.3. The van der Waals surface area contributed by atoms with Crippen molar-refractivity contribution >= 4 is 11.8 Å². The first-order valence-electron chi connectivity index (χ1n) is 5.58. The Balaban J connectivity index is 2.17. The van der Waals surface area contributed by atoms with Crippen molar-refractivity contribution in [1.29, 1.82) is 0 Å². The van der Waals surface area contributed by atoms with Crippen LogP contribution >= 0.6 is 11.8 Å². The average Bonchev–Trinajstić information content (AvgIpc) is 2.64. The van der Waals surface area contributed by atoms with Gasteiger partial charge in [0.2, 0.25) is 0 Å². The lowest BCUT2D eigenvalue weighted by molar-refractivity contribution is 0.147. The zero-order chi connectivity index (χ0) is 10.4. The van der Waals surface area contributed by atoms with Crippen molar-refractivity contribution in [3.8, 4) is 0 Å². The predicted molar refractivity (Wildman–Crippen MR) is 64.0 cm³/mol. The van der Waals surface area contributed by atoms with Gasteiger partial charge in [0.05, 0.1) is 6.61 Å². The van der Waals surface area contributed by atoms with Crippen LogP contribution in [0.2, 0.25) is 0 Å². The second kappa shape index (κ2) is 6.70. The van der Waals surface area contributed by atoms with Gasteiger partial charge >= 0.3 is 0 Å². The zero-order valence-electron chi connectivity index (χ0n) is 9.58. The topological polar surface area (TPSA) is 21.3 Å². The number of hydrogen-bond donors (Lipinski definition) is 1. The SMILES string of the molecule is COC[C@H](NC[C@H]1CCCS1)C(C)C. The van der Waals surface area contributed by atoms with Crippen molar-refractivity contribution < 1.29 is 4.74 Å². The van der Waals surface area contributed by atoms with E-state index in [1.807, 2.05) is 0 Å². The Morgan fingerprint density at radius 2 is 2.29 bits per heavy atom. The van der Waals surface area contributed by atoms with Crippen LogP contribution in [0, 0.1) is 5.92 Å². The maximum absolute atomic E-state index is 5.21. The van der Waals surface area contributed by atoms with Crippen molar-refractivity contribution in [2.24, 2.45) is 5.92 Å². The van der Waals surface area contributed by atoms with Crippen LogP contribution in [0.25, 0.3) is 0 Å². The predicted octanol–water partition coefficient (Wildman–Crippen LogP) is 2.14. The van der Waals surface area contributed by atoms with Gasteiger partial charge in [-0.2, -0.15) is 11.8 Å². The number of methoxy groups -OCH3 is 1. The fourth-order valence-corrected chi connectivity index (χ4v) is 2.97. The Morgan fingerprint density at radius 1 is 1.50 bits per heavy atom. The van der Waals surface area contributed by atoms with Gasteiger partial charge in [0.25, 0.3) is 0 Å². The Bertz CT molecular complexity index is 146. The third kappa shape index (κ3) is 4.20. The molecule has 1 rings (SSSR count). The van der Waals surface area contributed by atoms with E-state index in [9.17, 15) is 0 Å². The lowest BCUT2D eigenvalue weighted by Crippen LogP contribution is -2.40. The van der Waals surface area contributed by atoms with Crippen LogP contribution in [0.5, 0.6) is 0 Å². The molecule has 0 aromatic carbocycles. The summed E-state index contributed by atoms with van der Waals surface area (Å²) < 4.78 is 5.21. The summed E-state index contributed by atoms with van der Waals surface area (Å²) in [7, 11) is 1.78. The van der Waals surface area contributed by atoms with Gasteiger partial charge in [-0.15, -0.1) is 0 Å². The molecule has 14 heavy (non-hydrogen) atoms. The summed E-state index contributed by atoms with van der Waals surface area (Å²) in [6.07, 6.45) is 2.78. The van der Waals surface area contributed by atoms with Crippen molar-refractivity contribution in [2.45, 2.75) is 38.0 Å². The molecule has 1 fully saturated rings. The van der Waals surface area contributed by atoms with Gasteiger partial charge in [-0.05, 0) is 24.5 Å². The molecule has 1 aliphatic heterocycles. The fourth-order valence-electron chi connectivity index (χ4n) is 1.75. The average molecular weight is 217 g/mol. The van der Waals surface area contributed by atoms with Crippen LogP contribution in [0.4, 0.5) is 0 Å². The molecule has 1 N–H and O–H groups in total. The number of rotatable bonds is 6. The van der Waals surface area contributed by atoms with E-state index in [0.717, 1.165) is 18.4 Å². The first-order chi connectivity index (χ1) is 6.74. The molecular weight excluding hydrogens is 194 g/mol. The summed E-state index contributed by atoms with van der Waals surface area (Å²) in [5.41, 5.74) is 0. The van der Waals surface area contributed by atoms with Crippen molar-refractivity contribution in [2.75, 3.05) is 26.0 Å². The fraction of sp³-hybridized carbons (Fsp3) is 1.00. The molecule has 1 saturated heterocycles. The highest BCUT2D eigenvalue weighted by atomic mass is 32.2. The van der Waals surface area contributed by atoms with Gasteiger partial charge < -0.3 is 10.1 Å². The summed E-state index contributed by atoms with van der Waals surface area (Å²) in [5.74, 6) is 2.00. The highest BCUT2D eigenvalue weighted by Gasteiger charge is 2.18. The van der Waals surface area contributed by atoms with E-state index in [2.05, 4.69) is 30.9 Å². The lowest BCUT2D eigenvalue weighted by Gasteiger charge is -2.23. The number of hydrogen-bond acceptors (Lipinski definition) is 3. The third-order valence-corrected chi connectivity index (χ3v) is 4.18. The normalized spacial score (nSPS) is 24.4. The highest BCUT2D eigenvalue weighted by Crippen LogP contribution is 2.25. The molecule has 0 radical (unpaired) electrons. The van der Waals surface area contributed by atoms with Crippen LogP contribution < -0.4 is 5.32 Å². The third-order valence-electron chi connectivity index (χ3n) is 2.78. The number of thioether (sulfide) groups is 1. The molecule has 0 aromatic heterocycles. The molecule has 84 valence electrons. The minimum absolute atomic E-state index is 0.515. The molecule has 0 saturated carbocycles. The lowest BCUT2D eigenvalue weighted by atomic mass is 10.1. The zero-order valence-corrected chi connectivity index (χ0v) is 10.4. The molecule has 0 aliphatic carbocycles. The summed E-state index contributed by atoms with van der Waals surface area (Å²) >= 11 is 2.11. The minimum Gasteiger partial charge on any atom is -0.383 e. The molecule has 3 heteroatoms. The second-order valence-corrected chi connectivity index (χ2v) is 5.76. The second-order valence-electron chi connectivity index (χ2n) is 4.35. The van der Waals surface area contributed by atoms with E-state index in [1.165, 1.54) is 18.6 Å². The van der Waals surface area contributed by atoms with Crippen LogP contribution in [0.3, 0.4) is 0 Å². The van der Waals surface area contributed by atoms with Gasteiger partial charge in [0, 0.05) is 24.9 Å². The van der Waals surface area contributed by atoms with Crippen LogP contribution in [0.1, 0.15) is 26.7 Å². The molecule has 2 atom stereocenters. The van der Waals surface area contributed by atoms with E-state index in [4.69, 9.17) is 4.74 Å². The van der Waals surface area contributed by atoms with Crippen LogP contribution in [-0.2, 0) is 4.74 Å².